The molecular weight excluding hydrogens is 276 g/mol. The molecule has 0 radical (unpaired) electrons. The van der Waals surface area contributed by atoms with Crippen molar-refractivity contribution in [2.24, 2.45) is 0 Å². The zero-order chi connectivity index (χ0) is 15.8. The van der Waals surface area contributed by atoms with E-state index in [9.17, 15) is 14.7 Å². The molecule has 1 atom stereocenters. The number of esters is 2. The molecule has 2 rings (SSSR count). The number of rotatable bonds is 2. The first-order valence-electron chi connectivity index (χ1n) is 6.50. The highest BCUT2D eigenvalue weighted by atomic mass is 16.5. The molecule has 0 aromatic heterocycles. The standard InChI is InChI=1S/C15H18O6/c1-15(2)7-11(16)10-5-8(13(17)19-3)9(14(18)20-4)6-12(10)21-15/h5-6,11,16H,7H2,1-4H3. The van der Waals surface area contributed by atoms with Gasteiger partial charge < -0.3 is 19.3 Å². The Kier molecular flexibility index (Phi) is 3.91. The number of aliphatic hydroxyl groups is 1. The van der Waals surface area contributed by atoms with Crippen LogP contribution in [-0.2, 0) is 9.47 Å². The fourth-order valence-corrected chi connectivity index (χ4v) is 2.42. The second-order valence-corrected chi connectivity index (χ2v) is 5.50. The minimum Gasteiger partial charge on any atom is -0.487 e. The van der Waals surface area contributed by atoms with Gasteiger partial charge in [-0.3, -0.25) is 0 Å². The van der Waals surface area contributed by atoms with E-state index in [4.69, 9.17) is 4.74 Å². The second kappa shape index (κ2) is 5.37. The molecule has 0 saturated heterocycles. The molecule has 1 aromatic rings. The van der Waals surface area contributed by atoms with Gasteiger partial charge in [0.2, 0.25) is 0 Å². The van der Waals surface area contributed by atoms with E-state index in [0.717, 1.165) is 0 Å². The molecule has 1 aliphatic rings. The summed E-state index contributed by atoms with van der Waals surface area (Å²) in [5, 5.41) is 10.2. The molecule has 0 aliphatic carbocycles. The minimum atomic E-state index is -0.779. The van der Waals surface area contributed by atoms with Gasteiger partial charge in [0.1, 0.15) is 11.4 Å². The third kappa shape index (κ3) is 2.85. The molecule has 0 spiro atoms. The molecule has 0 bridgehead atoms. The molecule has 0 saturated carbocycles. The summed E-state index contributed by atoms with van der Waals surface area (Å²) in [4.78, 5) is 23.7. The fraction of sp³-hybridized carbons (Fsp3) is 0.467. The lowest BCUT2D eigenvalue weighted by Crippen LogP contribution is -2.35. The summed E-state index contributed by atoms with van der Waals surface area (Å²) in [6.07, 6.45) is -0.392. The third-order valence-electron chi connectivity index (χ3n) is 3.39. The molecule has 1 heterocycles. The van der Waals surface area contributed by atoms with Crippen molar-refractivity contribution in [2.75, 3.05) is 14.2 Å². The minimum absolute atomic E-state index is 0.0467. The Morgan fingerprint density at radius 3 is 2.24 bits per heavy atom. The third-order valence-corrected chi connectivity index (χ3v) is 3.39. The molecule has 1 N–H and O–H groups in total. The van der Waals surface area contributed by atoms with Crippen LogP contribution in [0.5, 0.6) is 5.75 Å². The van der Waals surface area contributed by atoms with Gasteiger partial charge in [0.25, 0.3) is 0 Å². The number of hydrogen-bond acceptors (Lipinski definition) is 6. The highest BCUT2D eigenvalue weighted by Gasteiger charge is 2.35. The van der Waals surface area contributed by atoms with E-state index >= 15 is 0 Å². The van der Waals surface area contributed by atoms with Gasteiger partial charge in [-0.2, -0.15) is 0 Å². The van der Waals surface area contributed by atoms with E-state index in [1.54, 1.807) is 0 Å². The summed E-state index contributed by atoms with van der Waals surface area (Å²) in [5.41, 5.74) is -0.00658. The first-order chi connectivity index (χ1) is 9.79. The van der Waals surface area contributed by atoms with Gasteiger partial charge in [0, 0.05) is 12.0 Å². The van der Waals surface area contributed by atoms with Crippen molar-refractivity contribution >= 4 is 11.9 Å². The van der Waals surface area contributed by atoms with Crippen molar-refractivity contribution in [3.63, 3.8) is 0 Å². The lowest BCUT2D eigenvalue weighted by atomic mass is 9.89. The smallest absolute Gasteiger partial charge is 0.338 e. The first-order valence-corrected chi connectivity index (χ1v) is 6.50. The average Bonchev–Trinajstić information content (AvgIpc) is 2.43. The van der Waals surface area contributed by atoms with Crippen LogP contribution >= 0.6 is 0 Å². The topological polar surface area (TPSA) is 82.1 Å². The zero-order valence-corrected chi connectivity index (χ0v) is 12.4. The highest BCUT2D eigenvalue weighted by Crippen LogP contribution is 2.41. The predicted molar refractivity (Wildman–Crippen MR) is 73.4 cm³/mol. The number of aliphatic hydroxyl groups excluding tert-OH is 1. The second-order valence-electron chi connectivity index (χ2n) is 5.50. The number of hydrogen-bond donors (Lipinski definition) is 1. The van der Waals surface area contributed by atoms with Crippen LogP contribution in [0.2, 0.25) is 0 Å². The van der Waals surface area contributed by atoms with Crippen LogP contribution < -0.4 is 4.74 Å². The number of methoxy groups -OCH3 is 2. The Bertz CT molecular complexity index is 590. The molecule has 6 nitrogen and oxygen atoms in total. The SMILES string of the molecule is COC(=O)c1cc2c(cc1C(=O)OC)C(O)CC(C)(C)O2. The Morgan fingerprint density at radius 2 is 1.71 bits per heavy atom. The van der Waals surface area contributed by atoms with Gasteiger partial charge in [0.15, 0.2) is 0 Å². The van der Waals surface area contributed by atoms with Gasteiger partial charge in [-0.05, 0) is 26.0 Å². The molecule has 0 amide bonds. The molecule has 6 heteroatoms. The molecule has 21 heavy (non-hydrogen) atoms. The van der Waals surface area contributed by atoms with E-state index in [0.29, 0.717) is 17.7 Å². The van der Waals surface area contributed by atoms with Crippen molar-refractivity contribution in [2.45, 2.75) is 32.0 Å². The average molecular weight is 294 g/mol. The zero-order valence-electron chi connectivity index (χ0n) is 12.4. The lowest BCUT2D eigenvalue weighted by molar-refractivity contribution is 0.0111. The van der Waals surface area contributed by atoms with Crippen LogP contribution in [0.4, 0.5) is 0 Å². The molecule has 114 valence electrons. The molecule has 1 aromatic carbocycles. The summed E-state index contributed by atoms with van der Waals surface area (Å²) in [5.74, 6) is -0.971. The van der Waals surface area contributed by atoms with E-state index in [1.165, 1.54) is 26.4 Å². The predicted octanol–water partition coefficient (Wildman–Crippen LogP) is 1.85. The van der Waals surface area contributed by atoms with Gasteiger partial charge in [0.05, 0.1) is 31.5 Å². The number of fused-ring (bicyclic) bond motifs is 1. The van der Waals surface area contributed by atoms with Crippen LogP contribution in [0, 0.1) is 0 Å². The van der Waals surface area contributed by atoms with Crippen LogP contribution in [0.3, 0.4) is 0 Å². The summed E-state index contributed by atoms with van der Waals surface area (Å²) in [7, 11) is 2.45. The maximum atomic E-state index is 11.8. The van der Waals surface area contributed by atoms with Crippen molar-refractivity contribution in [1.82, 2.24) is 0 Å². The Hall–Kier alpha value is -2.08. The summed E-state index contributed by atoms with van der Waals surface area (Å²) in [6.45, 7) is 3.68. The number of benzene rings is 1. The van der Waals surface area contributed by atoms with Crippen LogP contribution in [0.15, 0.2) is 12.1 Å². The fourth-order valence-electron chi connectivity index (χ4n) is 2.42. The van der Waals surface area contributed by atoms with Crippen molar-refractivity contribution in [3.8, 4) is 5.75 Å². The van der Waals surface area contributed by atoms with Gasteiger partial charge in [-0.1, -0.05) is 0 Å². The monoisotopic (exact) mass is 294 g/mol. The van der Waals surface area contributed by atoms with E-state index in [1.807, 2.05) is 13.8 Å². The Balaban J connectivity index is 2.61. The lowest BCUT2D eigenvalue weighted by Gasteiger charge is -2.35. The van der Waals surface area contributed by atoms with E-state index in [2.05, 4.69) is 9.47 Å². The Labute approximate surface area is 122 Å². The quantitative estimate of drug-likeness (QED) is 0.838. The van der Waals surface area contributed by atoms with Gasteiger partial charge >= 0.3 is 11.9 Å². The largest absolute Gasteiger partial charge is 0.487 e. The highest BCUT2D eigenvalue weighted by molar-refractivity contribution is 6.03. The van der Waals surface area contributed by atoms with Crippen LogP contribution in [0.25, 0.3) is 0 Å². The van der Waals surface area contributed by atoms with E-state index in [-0.39, 0.29) is 11.1 Å². The van der Waals surface area contributed by atoms with Crippen molar-refractivity contribution in [1.29, 1.82) is 0 Å². The maximum Gasteiger partial charge on any atom is 0.338 e. The number of ether oxygens (including phenoxy) is 3. The summed E-state index contributed by atoms with van der Waals surface area (Å²) < 4.78 is 15.1. The van der Waals surface area contributed by atoms with Crippen LogP contribution in [0.1, 0.15) is 52.7 Å². The Morgan fingerprint density at radius 1 is 1.19 bits per heavy atom. The summed E-state index contributed by atoms with van der Waals surface area (Å²) in [6, 6.07) is 2.84. The van der Waals surface area contributed by atoms with Gasteiger partial charge in [-0.15, -0.1) is 0 Å². The van der Waals surface area contributed by atoms with Crippen LogP contribution in [-0.4, -0.2) is 36.9 Å². The van der Waals surface area contributed by atoms with E-state index < -0.39 is 23.6 Å². The molecule has 1 unspecified atom stereocenters. The van der Waals surface area contributed by atoms with Crippen molar-refractivity contribution in [3.05, 3.63) is 28.8 Å². The van der Waals surface area contributed by atoms with Crippen molar-refractivity contribution < 1.29 is 28.9 Å². The number of carbonyl (C=O) groups excluding carboxylic acids is 2. The van der Waals surface area contributed by atoms with Gasteiger partial charge in [-0.25, -0.2) is 9.59 Å². The first kappa shape index (κ1) is 15.3. The molecule has 0 fully saturated rings. The maximum absolute atomic E-state index is 11.8. The summed E-state index contributed by atoms with van der Waals surface area (Å²) >= 11 is 0. The molecule has 1 aliphatic heterocycles. The molecular formula is C15H18O6. The normalized spacial score (nSPS) is 19.2. The number of carbonyl (C=O) groups is 2.